The number of hydrogen-bond donors (Lipinski definition) is 5. The second kappa shape index (κ2) is 25.6. The number of benzene rings is 4. The predicted octanol–water partition coefficient (Wildman–Crippen LogP) is 11.8. The van der Waals surface area contributed by atoms with Crippen LogP contribution in [0.15, 0.2) is 120 Å². The van der Waals surface area contributed by atoms with Crippen LogP contribution in [0.5, 0.6) is 11.5 Å². The van der Waals surface area contributed by atoms with Crippen LogP contribution in [0.2, 0.25) is 0 Å². The number of aromatic nitrogens is 6. The molecule has 350 valence electrons. The summed E-state index contributed by atoms with van der Waals surface area (Å²) in [5, 5.41) is 23.0. The van der Waals surface area contributed by atoms with Crippen molar-refractivity contribution in [3.05, 3.63) is 132 Å². The van der Waals surface area contributed by atoms with Gasteiger partial charge in [0.1, 0.15) is 29.0 Å². The quantitative estimate of drug-likeness (QED) is 0.106. The molecule has 0 atom stereocenters. The highest BCUT2D eigenvalue weighted by atomic mass is 16.5. The Hall–Kier alpha value is -7.06. The molecular weight excluding hydrogens is 839 g/mol. The number of aromatic amines is 1. The largest absolute Gasteiger partial charge is 0.493 e. The van der Waals surface area contributed by atoms with E-state index in [1.165, 1.54) is 31.3 Å². The Morgan fingerprint density at radius 1 is 0.612 bits per heavy atom. The van der Waals surface area contributed by atoms with Crippen molar-refractivity contribution in [2.75, 3.05) is 55.2 Å². The summed E-state index contributed by atoms with van der Waals surface area (Å²) in [6, 6.07) is 34.4. The number of fused-ring (bicyclic) bond motifs is 12. The van der Waals surface area contributed by atoms with Crippen LogP contribution < -0.4 is 30.7 Å². The summed E-state index contributed by atoms with van der Waals surface area (Å²) in [5.41, 5.74) is 6.37. The first kappa shape index (κ1) is 47.9. The summed E-state index contributed by atoms with van der Waals surface area (Å²) < 4.78 is 16.7. The molecule has 2 aliphatic heterocycles. The van der Waals surface area contributed by atoms with E-state index in [1.807, 2.05) is 91.9 Å². The highest BCUT2D eigenvalue weighted by molar-refractivity contribution is 6.07. The maximum Gasteiger partial charge on any atom is 0.225 e. The van der Waals surface area contributed by atoms with Gasteiger partial charge < -0.3 is 35.5 Å². The van der Waals surface area contributed by atoms with Crippen LogP contribution in [0.4, 0.5) is 29.4 Å². The molecule has 0 fully saturated rings. The highest BCUT2D eigenvalue weighted by Crippen LogP contribution is 2.28. The van der Waals surface area contributed by atoms with Crippen molar-refractivity contribution in [2.24, 2.45) is 4.99 Å². The van der Waals surface area contributed by atoms with Crippen LogP contribution in [0.1, 0.15) is 88.5 Å². The van der Waals surface area contributed by atoms with Gasteiger partial charge in [-0.25, -0.2) is 9.97 Å². The van der Waals surface area contributed by atoms with Crippen molar-refractivity contribution in [2.45, 2.75) is 91.1 Å². The average Bonchev–Trinajstić information content (AvgIpc) is 3.81. The fourth-order valence-corrected chi connectivity index (χ4v) is 7.69. The number of nitrogens with zero attached hydrogens (tertiary/aromatic N) is 6. The molecule has 5 N–H and O–H groups in total. The zero-order chi connectivity index (χ0) is 46.5. The van der Waals surface area contributed by atoms with Gasteiger partial charge in [0.15, 0.2) is 5.82 Å². The van der Waals surface area contributed by atoms with Crippen LogP contribution in [-0.4, -0.2) is 69.9 Å². The van der Waals surface area contributed by atoms with Gasteiger partial charge in [-0.2, -0.15) is 15.1 Å². The number of ether oxygens (including phenoxy) is 3. The molecule has 0 amide bonds. The minimum Gasteiger partial charge on any atom is -0.493 e. The number of methoxy groups -OCH3 is 1. The van der Waals surface area contributed by atoms with Crippen molar-refractivity contribution < 1.29 is 14.2 Å². The van der Waals surface area contributed by atoms with E-state index in [2.05, 4.69) is 72.4 Å². The van der Waals surface area contributed by atoms with E-state index in [9.17, 15) is 0 Å². The molecule has 0 radical (unpaired) electrons. The fourth-order valence-electron chi connectivity index (χ4n) is 7.69. The number of anilines is 5. The molecule has 0 aliphatic carbocycles. The van der Waals surface area contributed by atoms with Gasteiger partial charge in [-0.1, -0.05) is 91.9 Å². The molecule has 0 saturated heterocycles. The Bertz CT molecular complexity index is 2700. The van der Waals surface area contributed by atoms with E-state index in [1.54, 1.807) is 14.2 Å². The van der Waals surface area contributed by atoms with Gasteiger partial charge in [0.25, 0.3) is 0 Å². The van der Waals surface area contributed by atoms with Gasteiger partial charge >= 0.3 is 0 Å². The van der Waals surface area contributed by atoms with E-state index >= 15 is 0 Å². The molecule has 0 spiro atoms. The van der Waals surface area contributed by atoms with Crippen LogP contribution in [0.25, 0.3) is 21.8 Å². The second-order valence-corrected chi connectivity index (χ2v) is 16.5. The first-order valence-corrected chi connectivity index (χ1v) is 23.6. The van der Waals surface area contributed by atoms with E-state index in [4.69, 9.17) is 29.4 Å². The molecule has 14 nitrogen and oxygen atoms in total. The number of H-pyrrole nitrogens is 1. The monoisotopic (exact) mass is 904 g/mol. The number of hydrogen-bond acceptors (Lipinski definition) is 12. The first-order chi connectivity index (χ1) is 33.0. The van der Waals surface area contributed by atoms with E-state index in [0.717, 1.165) is 132 Å². The minimum absolute atomic E-state index is 0.563. The van der Waals surface area contributed by atoms with Crippen molar-refractivity contribution in [3.8, 4) is 11.5 Å². The summed E-state index contributed by atoms with van der Waals surface area (Å²) in [6.07, 6.45) is 13.3. The molecule has 2 aliphatic rings. The molecular formula is C53H65N11O3. The van der Waals surface area contributed by atoms with Gasteiger partial charge in [-0.3, -0.25) is 10.1 Å². The Morgan fingerprint density at radius 2 is 1.12 bits per heavy atom. The standard InChI is InChI=1S/C26H31N5O.C24H26N6O.C3H8O/c1-19-11-5-3-4-10-16-32-23-15-9-6-12-20(23)18-28-26-29-22-14-8-7-13-21(22)25(31-26)30-24(17-19)27-2;1-2-8-14-31-21-13-7-4-9-17(21)16-25-24-26-20-12-6-5-11-19(20)23(28-24)27-22-15-18(10-3-1)29-30-22;1-3-4-2/h6-9,12-15,17H,3-5,10-11,16,18H2,1-2H3,(H2,27,28,29,30,31);4-7,9,11-13,15H,1-3,8,10,14,16H2,(H3,25,26,27,28,29,30);3H2,1-2H3/b19-17+;;. The zero-order valence-electron chi connectivity index (χ0n) is 39.4. The Kier molecular flexibility index (Phi) is 18.3. The van der Waals surface area contributed by atoms with Crippen molar-refractivity contribution in [3.63, 3.8) is 0 Å². The first-order valence-electron chi connectivity index (χ1n) is 23.6. The summed E-state index contributed by atoms with van der Waals surface area (Å²) in [6.45, 7) is 7.57. The smallest absolute Gasteiger partial charge is 0.225 e. The highest BCUT2D eigenvalue weighted by Gasteiger charge is 2.13. The van der Waals surface area contributed by atoms with Crippen molar-refractivity contribution >= 4 is 57.0 Å². The Labute approximate surface area is 394 Å². The lowest BCUT2D eigenvalue weighted by Gasteiger charge is -2.15. The van der Waals surface area contributed by atoms with E-state index in [0.29, 0.717) is 25.0 Å². The Morgan fingerprint density at radius 3 is 1.69 bits per heavy atom. The fraction of sp³-hybridized carbons (Fsp3) is 0.358. The minimum atomic E-state index is 0.563. The third-order valence-electron chi connectivity index (χ3n) is 11.4. The third kappa shape index (κ3) is 14.5. The van der Waals surface area contributed by atoms with Gasteiger partial charge in [-0.05, 0) is 94.8 Å². The molecule has 0 unspecified atom stereocenters. The number of amidine groups is 1. The molecule has 9 rings (SSSR count). The third-order valence-corrected chi connectivity index (χ3v) is 11.4. The number of allylic oxidation sites excluding steroid dienone is 1. The maximum absolute atomic E-state index is 6.09. The van der Waals surface area contributed by atoms with Gasteiger partial charge in [-0.15, -0.1) is 0 Å². The summed E-state index contributed by atoms with van der Waals surface area (Å²) in [7, 11) is 3.48. The lowest BCUT2D eigenvalue weighted by molar-refractivity contribution is 0.215. The average molecular weight is 904 g/mol. The number of rotatable bonds is 1. The molecule has 3 aromatic heterocycles. The maximum atomic E-state index is 6.09. The molecule has 67 heavy (non-hydrogen) atoms. The second-order valence-electron chi connectivity index (χ2n) is 16.5. The summed E-state index contributed by atoms with van der Waals surface area (Å²) in [4.78, 5) is 23.4. The van der Waals surface area contributed by atoms with Gasteiger partial charge in [0.2, 0.25) is 11.9 Å². The lowest BCUT2D eigenvalue weighted by Crippen LogP contribution is -2.13. The topological polar surface area (TPSA) is 168 Å². The molecule has 4 aromatic carbocycles. The zero-order valence-corrected chi connectivity index (χ0v) is 39.4. The SMILES string of the molecule is CCOC.CN=C1/C=C(\C)CCCCCCOc2ccccc2CNc2nc(c3ccccc3n2)N1.c1ccc2c(c1)CNc1nc(c3ccccc3n1)Nc1cc([nH]n1)CCCCCCO2. The van der Waals surface area contributed by atoms with Crippen LogP contribution in [-0.2, 0) is 24.2 Å². The van der Waals surface area contributed by atoms with Crippen LogP contribution in [0.3, 0.4) is 0 Å². The predicted molar refractivity (Wildman–Crippen MR) is 273 cm³/mol. The number of aryl methyl sites for hydroxylation is 1. The number of nitrogens with one attached hydrogen (secondary N) is 5. The Balaban J connectivity index is 0.000000184. The van der Waals surface area contributed by atoms with E-state index in [-0.39, 0.29) is 0 Å². The normalized spacial score (nSPS) is 16.4. The molecule has 5 heterocycles. The molecule has 14 heteroatoms. The molecule has 7 aromatic rings. The lowest BCUT2D eigenvalue weighted by atomic mass is 10.1. The van der Waals surface area contributed by atoms with E-state index < -0.39 is 0 Å². The number of aliphatic imine (C=N–C) groups is 1. The summed E-state index contributed by atoms with van der Waals surface area (Å²) >= 11 is 0. The van der Waals surface area contributed by atoms with Crippen LogP contribution in [0, 0.1) is 0 Å². The summed E-state index contributed by atoms with van der Waals surface area (Å²) in [5.74, 6) is 6.01. The molecule has 6 bridgehead atoms. The van der Waals surface area contributed by atoms with Gasteiger partial charge in [0.05, 0.1) is 24.2 Å². The molecule has 0 saturated carbocycles. The van der Waals surface area contributed by atoms with Crippen molar-refractivity contribution in [1.82, 2.24) is 30.1 Å². The van der Waals surface area contributed by atoms with Crippen LogP contribution >= 0.6 is 0 Å². The van der Waals surface area contributed by atoms with Crippen molar-refractivity contribution in [1.29, 1.82) is 0 Å². The van der Waals surface area contributed by atoms with Gasteiger partial charge in [0, 0.05) is 67.5 Å². The number of para-hydroxylation sites is 4.